The van der Waals surface area contributed by atoms with Gasteiger partial charge < -0.3 is 15.4 Å². The van der Waals surface area contributed by atoms with Crippen molar-refractivity contribution in [3.05, 3.63) is 0 Å². The average molecular weight is 218 g/mol. The van der Waals surface area contributed by atoms with Crippen molar-refractivity contribution in [3.63, 3.8) is 0 Å². The van der Waals surface area contributed by atoms with Crippen LogP contribution in [0.5, 0.6) is 0 Å². The van der Waals surface area contributed by atoms with Crippen molar-refractivity contribution in [2.45, 2.75) is 25.5 Å². The molecule has 0 aromatic heterocycles. The van der Waals surface area contributed by atoms with Crippen LogP contribution in [-0.4, -0.2) is 55.3 Å². The molecule has 0 aromatic rings. The van der Waals surface area contributed by atoms with Gasteiger partial charge in [-0.3, -0.25) is 0 Å². The van der Waals surface area contributed by atoms with Crippen LogP contribution in [0.3, 0.4) is 0 Å². The van der Waals surface area contributed by atoms with Gasteiger partial charge in [-0.2, -0.15) is 11.8 Å². The molecule has 2 N–H and O–H groups in total. The Labute approximate surface area is 91.4 Å². The Bertz CT molecular complexity index is 157. The summed E-state index contributed by atoms with van der Waals surface area (Å²) in [4.78, 5) is 2.33. The second kappa shape index (κ2) is 6.67. The third-order valence-electron chi connectivity index (χ3n) is 2.50. The summed E-state index contributed by atoms with van der Waals surface area (Å²) in [6.45, 7) is 5.14. The summed E-state index contributed by atoms with van der Waals surface area (Å²) in [6, 6.07) is 0.348. The summed E-state index contributed by atoms with van der Waals surface area (Å²) in [5.74, 6) is 2.14. The van der Waals surface area contributed by atoms with E-state index in [9.17, 15) is 0 Å². The van der Waals surface area contributed by atoms with E-state index in [1.807, 2.05) is 11.8 Å². The average Bonchev–Trinajstić information content (AvgIpc) is 2.17. The lowest BCUT2D eigenvalue weighted by Gasteiger charge is -2.29. The molecule has 1 saturated heterocycles. The summed E-state index contributed by atoms with van der Waals surface area (Å²) >= 11 is 1.92. The van der Waals surface area contributed by atoms with Crippen molar-refractivity contribution >= 4 is 11.8 Å². The van der Waals surface area contributed by atoms with Crippen LogP contribution in [0.1, 0.15) is 13.3 Å². The lowest BCUT2D eigenvalue weighted by Crippen LogP contribution is -2.41. The van der Waals surface area contributed by atoms with E-state index in [1.54, 1.807) is 0 Å². The Kier molecular flexibility index (Phi) is 5.86. The van der Waals surface area contributed by atoms with Gasteiger partial charge in [-0.15, -0.1) is 0 Å². The van der Waals surface area contributed by atoms with Crippen LogP contribution in [-0.2, 0) is 4.74 Å². The maximum Gasteiger partial charge on any atom is 0.0792 e. The predicted molar refractivity (Wildman–Crippen MR) is 62.8 cm³/mol. The largest absolute Gasteiger partial charge is 0.375 e. The van der Waals surface area contributed by atoms with Crippen molar-refractivity contribution in [2.75, 3.05) is 38.2 Å². The zero-order valence-corrected chi connectivity index (χ0v) is 10.1. The SMILES string of the molecule is CCC(N)CSCC1CN(C)CCO1. The second-order valence-electron chi connectivity index (χ2n) is 3.96. The summed E-state index contributed by atoms with van der Waals surface area (Å²) in [7, 11) is 2.15. The maximum absolute atomic E-state index is 5.84. The van der Waals surface area contributed by atoms with Gasteiger partial charge in [0.2, 0.25) is 0 Å². The van der Waals surface area contributed by atoms with E-state index in [4.69, 9.17) is 10.5 Å². The van der Waals surface area contributed by atoms with Crippen LogP contribution in [0.2, 0.25) is 0 Å². The molecule has 3 nitrogen and oxygen atoms in total. The molecule has 1 aliphatic heterocycles. The van der Waals surface area contributed by atoms with E-state index in [2.05, 4.69) is 18.9 Å². The summed E-state index contributed by atoms with van der Waals surface area (Å²) in [6.07, 6.45) is 1.47. The lowest BCUT2D eigenvalue weighted by atomic mass is 10.3. The molecule has 1 rings (SSSR count). The van der Waals surface area contributed by atoms with Crippen molar-refractivity contribution in [1.29, 1.82) is 0 Å². The quantitative estimate of drug-likeness (QED) is 0.740. The first-order valence-electron chi connectivity index (χ1n) is 5.35. The second-order valence-corrected chi connectivity index (χ2v) is 5.04. The summed E-state index contributed by atoms with van der Waals surface area (Å²) < 4.78 is 5.66. The molecule has 4 heteroatoms. The number of morpholine rings is 1. The van der Waals surface area contributed by atoms with Gasteiger partial charge in [0.25, 0.3) is 0 Å². The monoisotopic (exact) mass is 218 g/mol. The van der Waals surface area contributed by atoms with Gasteiger partial charge >= 0.3 is 0 Å². The van der Waals surface area contributed by atoms with Crippen LogP contribution < -0.4 is 5.73 Å². The fraction of sp³-hybridized carbons (Fsp3) is 1.00. The molecule has 1 fully saturated rings. The molecule has 14 heavy (non-hydrogen) atoms. The van der Waals surface area contributed by atoms with Crippen LogP contribution >= 0.6 is 11.8 Å². The molecule has 1 heterocycles. The van der Waals surface area contributed by atoms with Gasteiger partial charge in [0.05, 0.1) is 12.7 Å². The van der Waals surface area contributed by atoms with E-state index < -0.39 is 0 Å². The van der Waals surface area contributed by atoms with E-state index >= 15 is 0 Å². The summed E-state index contributed by atoms with van der Waals surface area (Å²) in [5, 5.41) is 0. The number of nitrogens with two attached hydrogens (primary N) is 1. The zero-order valence-electron chi connectivity index (χ0n) is 9.24. The molecule has 0 saturated carbocycles. The Hall–Kier alpha value is 0.230. The van der Waals surface area contributed by atoms with E-state index in [-0.39, 0.29) is 0 Å². The van der Waals surface area contributed by atoms with Crippen molar-refractivity contribution in [2.24, 2.45) is 5.73 Å². The van der Waals surface area contributed by atoms with Gasteiger partial charge in [-0.05, 0) is 13.5 Å². The third-order valence-corrected chi connectivity index (χ3v) is 3.77. The lowest BCUT2D eigenvalue weighted by molar-refractivity contribution is -0.00598. The van der Waals surface area contributed by atoms with Crippen molar-refractivity contribution < 1.29 is 4.74 Å². The molecular formula is C10H22N2OS. The van der Waals surface area contributed by atoms with Crippen molar-refractivity contribution in [3.8, 4) is 0 Å². The number of hydrogen-bond acceptors (Lipinski definition) is 4. The predicted octanol–water partition coefficient (Wildman–Crippen LogP) is 0.788. The molecule has 2 atom stereocenters. The minimum Gasteiger partial charge on any atom is -0.375 e. The standard InChI is InChI=1S/C10H22N2OS/c1-3-9(11)7-14-8-10-6-12(2)4-5-13-10/h9-10H,3-8,11H2,1-2H3. The molecule has 84 valence electrons. The van der Waals surface area contributed by atoms with Gasteiger partial charge in [-0.1, -0.05) is 6.92 Å². The number of hydrogen-bond donors (Lipinski definition) is 1. The van der Waals surface area contributed by atoms with Crippen LogP contribution in [0.15, 0.2) is 0 Å². The number of likely N-dealkylation sites (N-methyl/N-ethyl adjacent to an activating group) is 1. The Morgan fingerprint density at radius 2 is 2.43 bits per heavy atom. The molecule has 0 spiro atoms. The van der Waals surface area contributed by atoms with E-state index in [0.29, 0.717) is 12.1 Å². The minimum absolute atomic E-state index is 0.348. The smallest absolute Gasteiger partial charge is 0.0792 e. The third kappa shape index (κ3) is 4.64. The minimum atomic E-state index is 0.348. The fourth-order valence-electron chi connectivity index (χ4n) is 1.44. The highest BCUT2D eigenvalue weighted by molar-refractivity contribution is 7.99. The molecule has 0 radical (unpaired) electrons. The van der Waals surface area contributed by atoms with Gasteiger partial charge in [0, 0.05) is 30.6 Å². The molecule has 1 aliphatic rings. The highest BCUT2D eigenvalue weighted by atomic mass is 32.2. The Balaban J connectivity index is 2.05. The maximum atomic E-state index is 5.84. The Morgan fingerprint density at radius 1 is 1.64 bits per heavy atom. The van der Waals surface area contributed by atoms with Crippen LogP contribution in [0.4, 0.5) is 0 Å². The van der Waals surface area contributed by atoms with Crippen LogP contribution in [0.25, 0.3) is 0 Å². The molecule has 0 amide bonds. The molecular weight excluding hydrogens is 196 g/mol. The topological polar surface area (TPSA) is 38.5 Å². The first-order chi connectivity index (χ1) is 6.72. The summed E-state index contributed by atoms with van der Waals surface area (Å²) in [5.41, 5.74) is 5.84. The highest BCUT2D eigenvalue weighted by Gasteiger charge is 2.17. The zero-order chi connectivity index (χ0) is 10.4. The highest BCUT2D eigenvalue weighted by Crippen LogP contribution is 2.11. The number of rotatable bonds is 5. The number of nitrogens with zero attached hydrogens (tertiary/aromatic N) is 1. The number of ether oxygens (including phenoxy) is 1. The molecule has 0 aromatic carbocycles. The first kappa shape index (κ1) is 12.3. The fourth-order valence-corrected chi connectivity index (χ4v) is 2.58. The van der Waals surface area contributed by atoms with E-state index in [0.717, 1.165) is 37.6 Å². The Morgan fingerprint density at radius 3 is 3.07 bits per heavy atom. The van der Waals surface area contributed by atoms with E-state index in [1.165, 1.54) is 0 Å². The van der Waals surface area contributed by atoms with Gasteiger partial charge in [0.1, 0.15) is 0 Å². The molecule has 0 aliphatic carbocycles. The van der Waals surface area contributed by atoms with Crippen LogP contribution in [0, 0.1) is 0 Å². The molecule has 0 bridgehead atoms. The first-order valence-corrected chi connectivity index (χ1v) is 6.51. The van der Waals surface area contributed by atoms with Crippen molar-refractivity contribution in [1.82, 2.24) is 4.90 Å². The molecule has 2 unspecified atom stereocenters. The number of thioether (sulfide) groups is 1. The van der Waals surface area contributed by atoms with Gasteiger partial charge in [0.15, 0.2) is 0 Å². The normalized spacial score (nSPS) is 26.4. The van der Waals surface area contributed by atoms with Gasteiger partial charge in [-0.25, -0.2) is 0 Å².